The zero-order valence-electron chi connectivity index (χ0n) is 4.68. The number of hydrogen-bond donors (Lipinski definition) is 0. The van der Waals surface area contributed by atoms with Gasteiger partial charge in [0.25, 0.3) is 0 Å². The van der Waals surface area contributed by atoms with Crippen LogP contribution in [0.25, 0.3) is 0 Å². The molecule has 0 spiro atoms. The lowest BCUT2D eigenvalue weighted by Gasteiger charge is -1.87. The summed E-state index contributed by atoms with van der Waals surface area (Å²) < 4.78 is 4.91. The highest BCUT2D eigenvalue weighted by Gasteiger charge is 1.90. The lowest BCUT2D eigenvalue weighted by atomic mass is 10.5. The van der Waals surface area contributed by atoms with Crippen molar-refractivity contribution in [2.75, 3.05) is 7.11 Å². The van der Waals surface area contributed by atoms with Gasteiger partial charge in [-0.15, -0.1) is 11.3 Å². The van der Waals surface area contributed by atoms with Crippen LogP contribution in [-0.2, 0) is 0 Å². The van der Waals surface area contributed by atoms with E-state index in [1.165, 1.54) is 0 Å². The van der Waals surface area contributed by atoms with E-state index in [2.05, 4.69) is 6.92 Å². The first-order valence-electron chi connectivity index (χ1n) is 2.28. The minimum atomic E-state index is 0.926. The normalized spacial score (nSPS) is 9.25. The van der Waals surface area contributed by atoms with E-state index in [1.807, 2.05) is 12.1 Å². The minimum Gasteiger partial charge on any atom is -0.487 e. The van der Waals surface area contributed by atoms with Gasteiger partial charge in [0.05, 0.1) is 7.11 Å². The largest absolute Gasteiger partial charge is 0.487 e. The lowest BCUT2D eigenvalue weighted by Crippen LogP contribution is -1.73. The molecule has 0 N–H and O–H groups in total. The highest BCUT2D eigenvalue weighted by Crippen LogP contribution is 2.21. The Morgan fingerprint density at radius 3 is 2.62 bits per heavy atom. The second-order valence-electron chi connectivity index (χ2n) is 1.42. The molecule has 1 heterocycles. The molecule has 0 fully saturated rings. The van der Waals surface area contributed by atoms with Crippen LogP contribution in [0, 0.1) is 6.92 Å². The number of thiophene rings is 1. The monoisotopic (exact) mass is 127 g/mol. The summed E-state index contributed by atoms with van der Waals surface area (Å²) in [4.78, 5) is 1.04. The van der Waals surface area contributed by atoms with E-state index in [9.17, 15) is 0 Å². The van der Waals surface area contributed by atoms with Crippen LogP contribution in [0.4, 0.5) is 0 Å². The maximum absolute atomic E-state index is 4.91. The maximum atomic E-state index is 4.91. The van der Waals surface area contributed by atoms with Crippen LogP contribution in [0.3, 0.4) is 0 Å². The topological polar surface area (TPSA) is 9.23 Å². The number of hydrogen-bond acceptors (Lipinski definition) is 2. The van der Waals surface area contributed by atoms with Crippen molar-refractivity contribution in [1.29, 1.82) is 0 Å². The van der Waals surface area contributed by atoms with Crippen molar-refractivity contribution in [2.45, 2.75) is 0 Å². The molecule has 0 aromatic carbocycles. The van der Waals surface area contributed by atoms with Gasteiger partial charge in [0.1, 0.15) is 0 Å². The van der Waals surface area contributed by atoms with Crippen molar-refractivity contribution >= 4 is 11.3 Å². The van der Waals surface area contributed by atoms with Gasteiger partial charge in [-0.3, -0.25) is 0 Å². The van der Waals surface area contributed by atoms with Crippen LogP contribution in [0.1, 0.15) is 4.88 Å². The Bertz CT molecular complexity index is 169. The standard InChI is InChI=1S/C6H7OS/c1-5-3-4-6(7-2)8-5/h3-4H,1H2,2H3. The van der Waals surface area contributed by atoms with Crippen LogP contribution >= 0.6 is 11.3 Å². The minimum absolute atomic E-state index is 0.926. The Morgan fingerprint density at radius 1 is 1.62 bits per heavy atom. The zero-order chi connectivity index (χ0) is 5.98. The molecular weight excluding hydrogens is 120 g/mol. The number of rotatable bonds is 1. The average molecular weight is 127 g/mol. The molecule has 1 aromatic rings. The molecule has 2 heteroatoms. The third-order valence-corrected chi connectivity index (χ3v) is 1.74. The zero-order valence-corrected chi connectivity index (χ0v) is 5.49. The summed E-state index contributed by atoms with van der Waals surface area (Å²) in [6.45, 7) is 3.73. The molecule has 1 radical (unpaired) electrons. The summed E-state index contributed by atoms with van der Waals surface area (Å²) in [6, 6.07) is 3.84. The van der Waals surface area contributed by atoms with Crippen LogP contribution in [-0.4, -0.2) is 7.11 Å². The van der Waals surface area contributed by atoms with Crippen molar-refractivity contribution in [1.82, 2.24) is 0 Å². The Kier molecular flexibility index (Phi) is 1.53. The molecule has 1 rings (SSSR count). The van der Waals surface area contributed by atoms with Crippen LogP contribution in [0.2, 0.25) is 0 Å². The second kappa shape index (κ2) is 2.18. The highest BCUT2D eigenvalue weighted by molar-refractivity contribution is 7.14. The first kappa shape index (κ1) is 5.63. The van der Waals surface area contributed by atoms with Gasteiger partial charge in [-0.1, -0.05) is 0 Å². The predicted molar refractivity (Wildman–Crippen MR) is 35.3 cm³/mol. The summed E-state index contributed by atoms with van der Waals surface area (Å²) >= 11 is 1.55. The maximum Gasteiger partial charge on any atom is 0.173 e. The number of methoxy groups -OCH3 is 1. The Hall–Kier alpha value is -0.500. The van der Waals surface area contributed by atoms with Crippen LogP contribution in [0.5, 0.6) is 5.06 Å². The van der Waals surface area contributed by atoms with Gasteiger partial charge >= 0.3 is 0 Å². The fourth-order valence-electron chi connectivity index (χ4n) is 0.468. The molecular formula is C6H7OS. The second-order valence-corrected chi connectivity index (χ2v) is 2.56. The van der Waals surface area contributed by atoms with Gasteiger partial charge in [0.2, 0.25) is 0 Å². The van der Waals surface area contributed by atoms with E-state index in [1.54, 1.807) is 18.4 Å². The van der Waals surface area contributed by atoms with Crippen LogP contribution < -0.4 is 4.74 Å². The molecule has 0 atom stereocenters. The third kappa shape index (κ3) is 1.01. The van der Waals surface area contributed by atoms with Crippen molar-refractivity contribution in [3.63, 3.8) is 0 Å². The fourth-order valence-corrected chi connectivity index (χ4v) is 1.08. The summed E-state index contributed by atoms with van der Waals surface area (Å²) in [7, 11) is 1.66. The molecule has 0 bridgehead atoms. The fraction of sp³-hybridized carbons (Fsp3) is 0.167. The van der Waals surface area contributed by atoms with Gasteiger partial charge in [0.15, 0.2) is 5.06 Å². The average Bonchev–Trinajstić information content (AvgIpc) is 2.14. The summed E-state index contributed by atoms with van der Waals surface area (Å²) in [5.74, 6) is 0. The van der Waals surface area contributed by atoms with E-state index >= 15 is 0 Å². The number of ether oxygens (including phenoxy) is 1. The van der Waals surface area contributed by atoms with Crippen molar-refractivity contribution in [3.8, 4) is 5.06 Å². The van der Waals surface area contributed by atoms with E-state index < -0.39 is 0 Å². The van der Waals surface area contributed by atoms with Gasteiger partial charge in [-0.25, -0.2) is 0 Å². The van der Waals surface area contributed by atoms with Gasteiger partial charge in [0, 0.05) is 4.88 Å². The van der Waals surface area contributed by atoms with Gasteiger partial charge in [-0.2, -0.15) is 0 Å². The molecule has 1 nitrogen and oxygen atoms in total. The van der Waals surface area contributed by atoms with E-state index in [4.69, 9.17) is 4.74 Å². The van der Waals surface area contributed by atoms with Crippen molar-refractivity contribution in [3.05, 3.63) is 23.9 Å². The first-order valence-corrected chi connectivity index (χ1v) is 3.10. The third-order valence-electron chi connectivity index (χ3n) is 0.838. The molecule has 0 aliphatic heterocycles. The van der Waals surface area contributed by atoms with Crippen LogP contribution in [0.15, 0.2) is 12.1 Å². The highest BCUT2D eigenvalue weighted by atomic mass is 32.1. The van der Waals surface area contributed by atoms with Crippen molar-refractivity contribution < 1.29 is 4.74 Å². The van der Waals surface area contributed by atoms with E-state index in [-0.39, 0.29) is 0 Å². The summed E-state index contributed by atoms with van der Waals surface area (Å²) in [5, 5.41) is 0.926. The molecule has 0 aliphatic rings. The molecule has 1 aromatic heterocycles. The molecule has 0 saturated carbocycles. The molecule has 0 saturated heterocycles. The lowest BCUT2D eigenvalue weighted by molar-refractivity contribution is 0.427. The molecule has 0 amide bonds. The Labute approximate surface area is 52.9 Å². The molecule has 8 heavy (non-hydrogen) atoms. The smallest absolute Gasteiger partial charge is 0.173 e. The molecule has 0 aliphatic carbocycles. The summed E-state index contributed by atoms with van der Waals surface area (Å²) in [6.07, 6.45) is 0. The van der Waals surface area contributed by atoms with Crippen molar-refractivity contribution in [2.24, 2.45) is 0 Å². The quantitative estimate of drug-likeness (QED) is 0.560. The molecule has 43 valence electrons. The van der Waals surface area contributed by atoms with Gasteiger partial charge in [-0.05, 0) is 19.1 Å². The van der Waals surface area contributed by atoms with E-state index in [0.29, 0.717) is 0 Å². The predicted octanol–water partition coefficient (Wildman–Crippen LogP) is 1.94. The molecule has 0 unspecified atom stereocenters. The summed E-state index contributed by atoms with van der Waals surface area (Å²) in [5.41, 5.74) is 0. The van der Waals surface area contributed by atoms with Gasteiger partial charge < -0.3 is 4.74 Å². The SMILES string of the molecule is [CH2]c1ccc(OC)s1. The first-order chi connectivity index (χ1) is 3.83. The Balaban J connectivity index is 2.84. The Morgan fingerprint density at radius 2 is 2.38 bits per heavy atom. The van der Waals surface area contributed by atoms with E-state index in [0.717, 1.165) is 9.94 Å².